The van der Waals surface area contributed by atoms with E-state index in [4.69, 9.17) is 4.74 Å². The van der Waals surface area contributed by atoms with Gasteiger partial charge in [0.25, 0.3) is 0 Å². The Morgan fingerprint density at radius 3 is 2.38 bits per heavy atom. The first-order valence-corrected chi connectivity index (χ1v) is 7.46. The van der Waals surface area contributed by atoms with E-state index in [0.29, 0.717) is 12.6 Å². The van der Waals surface area contributed by atoms with Crippen LogP contribution in [0.4, 0.5) is 0 Å². The van der Waals surface area contributed by atoms with Crippen LogP contribution in [0.3, 0.4) is 0 Å². The Morgan fingerprint density at radius 2 is 1.76 bits per heavy atom. The Labute approximate surface area is 125 Å². The normalized spacial score (nSPS) is 14.2. The van der Waals surface area contributed by atoms with Crippen LogP contribution in [0.15, 0.2) is 30.3 Å². The largest absolute Gasteiger partial charge is 0.486 e. The van der Waals surface area contributed by atoms with Crippen LogP contribution < -0.4 is 10.1 Å². The van der Waals surface area contributed by atoms with Crippen molar-refractivity contribution in [3.8, 4) is 5.75 Å². The van der Waals surface area contributed by atoms with E-state index in [1.807, 2.05) is 44.2 Å². The molecule has 21 heavy (non-hydrogen) atoms. The number of rotatable bonds is 6. The standard InChI is InChI=1S/C17H21N3O/c1-12-16(10-18-14-8-9-14)13(2)20-17(19-12)11-21-15-6-4-3-5-7-15/h3-7,14,18H,8-11H2,1-2H3. The number of hydrogen-bond acceptors (Lipinski definition) is 4. The Hall–Kier alpha value is -1.94. The molecule has 3 rings (SSSR count). The lowest BCUT2D eigenvalue weighted by Gasteiger charge is -2.12. The number of nitrogens with one attached hydrogen (secondary N) is 1. The lowest BCUT2D eigenvalue weighted by molar-refractivity contribution is 0.295. The van der Waals surface area contributed by atoms with Crippen LogP contribution in [0.25, 0.3) is 0 Å². The fraction of sp³-hybridized carbons (Fsp3) is 0.412. The van der Waals surface area contributed by atoms with E-state index in [0.717, 1.165) is 29.5 Å². The molecular weight excluding hydrogens is 262 g/mol. The maximum atomic E-state index is 5.71. The second-order valence-corrected chi connectivity index (χ2v) is 5.55. The quantitative estimate of drug-likeness (QED) is 0.885. The van der Waals surface area contributed by atoms with Crippen molar-refractivity contribution in [1.82, 2.24) is 15.3 Å². The number of para-hydroxylation sites is 1. The average Bonchev–Trinajstić information content (AvgIpc) is 3.29. The van der Waals surface area contributed by atoms with Crippen LogP contribution in [0, 0.1) is 13.8 Å². The predicted octanol–water partition coefficient (Wildman–Crippen LogP) is 2.92. The Morgan fingerprint density at radius 1 is 1.10 bits per heavy atom. The van der Waals surface area contributed by atoms with E-state index >= 15 is 0 Å². The van der Waals surface area contributed by atoms with Crippen molar-refractivity contribution in [2.24, 2.45) is 0 Å². The molecular formula is C17H21N3O. The molecule has 0 atom stereocenters. The second kappa shape index (κ2) is 6.22. The summed E-state index contributed by atoms with van der Waals surface area (Å²) in [5.74, 6) is 1.58. The molecule has 0 spiro atoms. The van der Waals surface area contributed by atoms with E-state index in [9.17, 15) is 0 Å². The number of aromatic nitrogens is 2. The zero-order valence-electron chi connectivity index (χ0n) is 12.6. The van der Waals surface area contributed by atoms with Gasteiger partial charge in [-0.25, -0.2) is 9.97 Å². The van der Waals surface area contributed by atoms with Gasteiger partial charge in [-0.3, -0.25) is 0 Å². The summed E-state index contributed by atoms with van der Waals surface area (Å²) in [6.45, 7) is 5.36. The molecule has 1 aliphatic rings. The van der Waals surface area contributed by atoms with E-state index in [1.165, 1.54) is 18.4 Å². The molecule has 0 bridgehead atoms. The molecule has 0 unspecified atom stereocenters. The maximum Gasteiger partial charge on any atom is 0.166 e. The SMILES string of the molecule is Cc1nc(COc2ccccc2)nc(C)c1CNC1CC1. The molecule has 110 valence electrons. The Kier molecular flexibility index (Phi) is 4.15. The molecule has 0 aliphatic heterocycles. The third-order valence-corrected chi connectivity index (χ3v) is 3.72. The minimum Gasteiger partial charge on any atom is -0.486 e. The molecule has 1 saturated carbocycles. The first-order valence-electron chi connectivity index (χ1n) is 7.46. The number of ether oxygens (including phenoxy) is 1. The fourth-order valence-corrected chi connectivity index (χ4v) is 2.33. The summed E-state index contributed by atoms with van der Waals surface area (Å²) in [5, 5.41) is 3.52. The van der Waals surface area contributed by atoms with Crippen molar-refractivity contribution in [2.75, 3.05) is 0 Å². The average molecular weight is 283 g/mol. The van der Waals surface area contributed by atoms with Crippen LogP contribution in [0.5, 0.6) is 5.75 Å². The summed E-state index contributed by atoms with van der Waals surface area (Å²) in [6, 6.07) is 10.5. The maximum absolute atomic E-state index is 5.71. The van der Waals surface area contributed by atoms with Crippen LogP contribution in [-0.2, 0) is 13.2 Å². The zero-order valence-corrected chi connectivity index (χ0v) is 12.6. The van der Waals surface area contributed by atoms with Gasteiger partial charge in [-0.15, -0.1) is 0 Å². The van der Waals surface area contributed by atoms with Gasteiger partial charge in [0.15, 0.2) is 5.82 Å². The van der Waals surface area contributed by atoms with Crippen molar-refractivity contribution >= 4 is 0 Å². The van der Waals surface area contributed by atoms with Crippen molar-refractivity contribution in [2.45, 2.75) is 45.9 Å². The van der Waals surface area contributed by atoms with Gasteiger partial charge in [0.1, 0.15) is 12.4 Å². The fourth-order valence-electron chi connectivity index (χ4n) is 2.33. The minimum absolute atomic E-state index is 0.405. The number of aryl methyl sites for hydroxylation is 2. The molecule has 4 heteroatoms. The molecule has 0 amide bonds. The summed E-state index contributed by atoms with van der Waals surface area (Å²) in [6.07, 6.45) is 2.59. The van der Waals surface area contributed by atoms with E-state index in [1.54, 1.807) is 0 Å². The molecule has 1 N–H and O–H groups in total. The van der Waals surface area contributed by atoms with E-state index in [-0.39, 0.29) is 0 Å². The highest BCUT2D eigenvalue weighted by molar-refractivity contribution is 5.25. The summed E-state index contributed by atoms with van der Waals surface area (Å²) < 4.78 is 5.71. The smallest absolute Gasteiger partial charge is 0.166 e. The van der Waals surface area contributed by atoms with Crippen molar-refractivity contribution in [3.63, 3.8) is 0 Å². The second-order valence-electron chi connectivity index (χ2n) is 5.55. The van der Waals surface area contributed by atoms with Crippen LogP contribution in [-0.4, -0.2) is 16.0 Å². The van der Waals surface area contributed by atoms with Gasteiger partial charge in [0.2, 0.25) is 0 Å². The van der Waals surface area contributed by atoms with Gasteiger partial charge in [-0.1, -0.05) is 18.2 Å². The summed E-state index contributed by atoms with van der Waals surface area (Å²) in [7, 11) is 0. The third kappa shape index (κ3) is 3.79. The molecule has 1 heterocycles. The van der Waals surface area contributed by atoms with Gasteiger partial charge in [-0.2, -0.15) is 0 Å². The highest BCUT2D eigenvalue weighted by Crippen LogP contribution is 2.20. The lowest BCUT2D eigenvalue weighted by Crippen LogP contribution is -2.19. The topological polar surface area (TPSA) is 47.0 Å². The number of benzene rings is 1. The molecule has 1 aromatic heterocycles. The third-order valence-electron chi connectivity index (χ3n) is 3.72. The lowest BCUT2D eigenvalue weighted by atomic mass is 10.1. The molecule has 0 saturated heterocycles. The van der Waals surface area contributed by atoms with Gasteiger partial charge >= 0.3 is 0 Å². The first-order chi connectivity index (χ1) is 10.2. The monoisotopic (exact) mass is 283 g/mol. The van der Waals surface area contributed by atoms with E-state index < -0.39 is 0 Å². The van der Waals surface area contributed by atoms with Gasteiger partial charge in [0.05, 0.1) is 0 Å². The number of nitrogens with zero attached hydrogens (tertiary/aromatic N) is 2. The van der Waals surface area contributed by atoms with Gasteiger partial charge in [0, 0.05) is 29.5 Å². The summed E-state index contributed by atoms with van der Waals surface area (Å²) in [5.41, 5.74) is 3.30. The molecule has 1 fully saturated rings. The van der Waals surface area contributed by atoms with Crippen molar-refractivity contribution in [1.29, 1.82) is 0 Å². The zero-order chi connectivity index (χ0) is 14.7. The molecule has 0 radical (unpaired) electrons. The van der Waals surface area contributed by atoms with Crippen LogP contribution in [0.2, 0.25) is 0 Å². The van der Waals surface area contributed by atoms with Gasteiger partial charge < -0.3 is 10.1 Å². The van der Waals surface area contributed by atoms with Crippen molar-refractivity contribution < 1.29 is 4.74 Å². The van der Waals surface area contributed by atoms with Gasteiger partial charge in [-0.05, 0) is 38.8 Å². The highest BCUT2D eigenvalue weighted by atomic mass is 16.5. The Bertz CT molecular complexity index is 586. The first kappa shape index (κ1) is 14.0. The predicted molar refractivity (Wildman–Crippen MR) is 82.1 cm³/mol. The minimum atomic E-state index is 0.405. The Balaban J connectivity index is 1.65. The highest BCUT2D eigenvalue weighted by Gasteiger charge is 2.21. The van der Waals surface area contributed by atoms with Crippen LogP contribution >= 0.6 is 0 Å². The van der Waals surface area contributed by atoms with Crippen molar-refractivity contribution in [3.05, 3.63) is 53.1 Å². The molecule has 1 aliphatic carbocycles. The summed E-state index contributed by atoms with van der Waals surface area (Å²) >= 11 is 0. The van der Waals surface area contributed by atoms with E-state index in [2.05, 4.69) is 15.3 Å². The van der Waals surface area contributed by atoms with Crippen LogP contribution in [0.1, 0.15) is 35.6 Å². The molecule has 2 aromatic rings. The molecule has 1 aromatic carbocycles. The molecule has 4 nitrogen and oxygen atoms in total. The summed E-state index contributed by atoms with van der Waals surface area (Å²) in [4.78, 5) is 9.14. The number of hydrogen-bond donors (Lipinski definition) is 1.